The molecule has 0 spiro atoms. The Morgan fingerprint density at radius 2 is 2.06 bits per heavy atom. The summed E-state index contributed by atoms with van der Waals surface area (Å²) in [4.78, 5) is 8.56. The number of aryl methyl sites for hydroxylation is 1. The lowest BCUT2D eigenvalue weighted by Crippen LogP contribution is -2.20. The second-order valence-electron chi connectivity index (χ2n) is 3.68. The average molecular weight is 249 g/mol. The number of rotatable bonds is 4. The molecule has 0 aliphatic carbocycles. The van der Waals surface area contributed by atoms with Crippen LogP contribution in [0.25, 0.3) is 0 Å². The van der Waals surface area contributed by atoms with Gasteiger partial charge in [0.2, 0.25) is 5.88 Å². The molecule has 1 N–H and O–H groups in total. The van der Waals surface area contributed by atoms with Crippen molar-refractivity contribution in [3.8, 4) is 5.88 Å². The van der Waals surface area contributed by atoms with Gasteiger partial charge >= 0.3 is 0 Å². The minimum absolute atomic E-state index is 0.0184. The summed E-state index contributed by atoms with van der Waals surface area (Å²) < 4.78 is 5.26. The topological polar surface area (TPSA) is 47.0 Å². The number of nitrogens with zero attached hydrogens (tertiary/aromatic N) is 2. The Morgan fingerprint density at radius 1 is 1.29 bits per heavy atom. The first-order valence-electron chi connectivity index (χ1n) is 5.32. The number of methoxy groups -OCH3 is 1. The molecular formula is C12H15N3OS. The van der Waals surface area contributed by atoms with Crippen LogP contribution in [0.1, 0.15) is 22.9 Å². The van der Waals surface area contributed by atoms with Crippen LogP contribution in [0, 0.1) is 6.92 Å². The zero-order valence-electron chi connectivity index (χ0n) is 10.1. The van der Waals surface area contributed by atoms with Crippen LogP contribution in [-0.2, 0) is 0 Å². The van der Waals surface area contributed by atoms with Gasteiger partial charge in [0.15, 0.2) is 0 Å². The van der Waals surface area contributed by atoms with E-state index in [-0.39, 0.29) is 6.04 Å². The minimum atomic E-state index is 0.0184. The molecule has 2 aromatic heterocycles. The van der Waals surface area contributed by atoms with E-state index < -0.39 is 0 Å². The van der Waals surface area contributed by atoms with Crippen molar-refractivity contribution in [2.24, 2.45) is 0 Å². The molecule has 2 rings (SSSR count). The highest BCUT2D eigenvalue weighted by Gasteiger charge is 2.20. The maximum absolute atomic E-state index is 5.26. The third kappa shape index (κ3) is 2.30. The molecule has 4 nitrogen and oxygen atoms in total. The molecule has 0 radical (unpaired) electrons. The summed E-state index contributed by atoms with van der Waals surface area (Å²) in [5.41, 5.74) is 3.29. The van der Waals surface area contributed by atoms with Gasteiger partial charge in [-0.3, -0.25) is 4.98 Å². The molecule has 0 fully saturated rings. The molecule has 0 aliphatic rings. The second-order valence-corrected chi connectivity index (χ2v) is 4.43. The van der Waals surface area contributed by atoms with Gasteiger partial charge in [-0.15, -0.1) is 0 Å². The van der Waals surface area contributed by atoms with Gasteiger partial charge in [-0.25, -0.2) is 4.98 Å². The van der Waals surface area contributed by atoms with E-state index in [0.717, 1.165) is 5.69 Å². The van der Waals surface area contributed by atoms with Gasteiger partial charge in [0.05, 0.1) is 13.2 Å². The standard InChI is InChI=1S/C12H15N3OS/c1-8-6-17-7-9(8)10(13-2)11-12(16-3)15-5-4-14-11/h4-7,10,13H,1-3H3. The maximum atomic E-state index is 5.26. The van der Waals surface area contributed by atoms with Gasteiger partial charge in [-0.1, -0.05) is 0 Å². The predicted octanol–water partition coefficient (Wildman–Crippen LogP) is 2.16. The van der Waals surface area contributed by atoms with E-state index in [4.69, 9.17) is 4.74 Å². The lowest BCUT2D eigenvalue weighted by Gasteiger charge is -2.17. The number of hydrogen-bond acceptors (Lipinski definition) is 5. The molecule has 0 bridgehead atoms. The molecule has 5 heteroatoms. The molecule has 2 aromatic rings. The third-order valence-corrected chi connectivity index (χ3v) is 3.53. The maximum Gasteiger partial charge on any atom is 0.237 e. The molecule has 0 aliphatic heterocycles. The summed E-state index contributed by atoms with van der Waals surface area (Å²) in [6, 6.07) is 0.0184. The number of hydrogen-bond donors (Lipinski definition) is 1. The molecule has 2 heterocycles. The van der Waals surface area contributed by atoms with Crippen LogP contribution in [0.5, 0.6) is 5.88 Å². The van der Waals surface area contributed by atoms with Crippen LogP contribution < -0.4 is 10.1 Å². The normalized spacial score (nSPS) is 12.4. The Bertz CT molecular complexity index is 498. The van der Waals surface area contributed by atoms with E-state index >= 15 is 0 Å². The van der Waals surface area contributed by atoms with Gasteiger partial charge in [0.25, 0.3) is 0 Å². The summed E-state index contributed by atoms with van der Waals surface area (Å²) >= 11 is 1.69. The van der Waals surface area contributed by atoms with Crippen LogP contribution in [0.3, 0.4) is 0 Å². The molecule has 17 heavy (non-hydrogen) atoms. The number of aromatic nitrogens is 2. The van der Waals surface area contributed by atoms with Gasteiger partial charge in [0, 0.05) is 12.4 Å². The van der Waals surface area contributed by atoms with Crippen molar-refractivity contribution in [1.29, 1.82) is 0 Å². The SMILES string of the molecule is CNC(c1cscc1C)c1nccnc1OC. The van der Waals surface area contributed by atoms with Crippen molar-refractivity contribution in [3.05, 3.63) is 40.0 Å². The lowest BCUT2D eigenvalue weighted by molar-refractivity contribution is 0.384. The van der Waals surface area contributed by atoms with Crippen molar-refractivity contribution in [3.63, 3.8) is 0 Å². The highest BCUT2D eigenvalue weighted by molar-refractivity contribution is 7.08. The van der Waals surface area contributed by atoms with Crippen molar-refractivity contribution < 1.29 is 4.74 Å². The summed E-state index contributed by atoms with van der Waals surface area (Å²) in [5.74, 6) is 0.567. The van der Waals surface area contributed by atoms with Gasteiger partial charge in [-0.2, -0.15) is 11.3 Å². The fraction of sp³-hybridized carbons (Fsp3) is 0.333. The van der Waals surface area contributed by atoms with Crippen LogP contribution in [0.15, 0.2) is 23.2 Å². The molecule has 90 valence electrons. The van der Waals surface area contributed by atoms with E-state index in [1.165, 1.54) is 11.1 Å². The van der Waals surface area contributed by atoms with Gasteiger partial charge < -0.3 is 10.1 Å². The van der Waals surface area contributed by atoms with Crippen LogP contribution in [0.2, 0.25) is 0 Å². The zero-order valence-corrected chi connectivity index (χ0v) is 10.9. The largest absolute Gasteiger partial charge is 0.480 e. The van der Waals surface area contributed by atoms with Crippen LogP contribution in [0.4, 0.5) is 0 Å². The molecule has 0 saturated carbocycles. The molecule has 1 atom stereocenters. The Balaban J connectivity index is 2.46. The first-order valence-corrected chi connectivity index (χ1v) is 6.27. The van der Waals surface area contributed by atoms with E-state index in [2.05, 4.69) is 33.0 Å². The van der Waals surface area contributed by atoms with Crippen LogP contribution in [-0.4, -0.2) is 24.1 Å². The number of nitrogens with one attached hydrogen (secondary N) is 1. The molecule has 0 amide bonds. The van der Waals surface area contributed by atoms with Gasteiger partial charge in [-0.05, 0) is 35.9 Å². The summed E-state index contributed by atoms with van der Waals surface area (Å²) in [5, 5.41) is 7.52. The lowest BCUT2D eigenvalue weighted by atomic mass is 10.0. The second kappa shape index (κ2) is 5.25. The van der Waals surface area contributed by atoms with Crippen molar-refractivity contribution in [2.75, 3.05) is 14.2 Å². The number of ether oxygens (including phenoxy) is 1. The highest BCUT2D eigenvalue weighted by Crippen LogP contribution is 2.29. The zero-order chi connectivity index (χ0) is 12.3. The monoisotopic (exact) mass is 249 g/mol. The summed E-state index contributed by atoms with van der Waals surface area (Å²) in [7, 11) is 3.52. The Morgan fingerprint density at radius 3 is 2.65 bits per heavy atom. The van der Waals surface area contributed by atoms with Crippen LogP contribution >= 0.6 is 11.3 Å². The summed E-state index contributed by atoms with van der Waals surface area (Å²) in [6.45, 7) is 2.10. The number of thiophene rings is 1. The first-order chi connectivity index (χ1) is 8.27. The fourth-order valence-electron chi connectivity index (χ4n) is 1.80. The molecular weight excluding hydrogens is 234 g/mol. The minimum Gasteiger partial charge on any atom is -0.480 e. The molecule has 0 saturated heterocycles. The Hall–Kier alpha value is -1.46. The average Bonchev–Trinajstić information content (AvgIpc) is 2.78. The predicted molar refractivity (Wildman–Crippen MR) is 68.5 cm³/mol. The van der Waals surface area contributed by atoms with Crippen molar-refractivity contribution in [2.45, 2.75) is 13.0 Å². The molecule has 1 unspecified atom stereocenters. The van der Waals surface area contributed by atoms with E-state index in [9.17, 15) is 0 Å². The smallest absolute Gasteiger partial charge is 0.237 e. The van der Waals surface area contributed by atoms with E-state index in [1.54, 1.807) is 30.8 Å². The van der Waals surface area contributed by atoms with E-state index in [0.29, 0.717) is 5.88 Å². The van der Waals surface area contributed by atoms with Crippen molar-refractivity contribution in [1.82, 2.24) is 15.3 Å². The quantitative estimate of drug-likeness (QED) is 0.902. The molecule has 0 aromatic carbocycles. The van der Waals surface area contributed by atoms with Crippen molar-refractivity contribution >= 4 is 11.3 Å². The highest BCUT2D eigenvalue weighted by atomic mass is 32.1. The van der Waals surface area contributed by atoms with E-state index in [1.807, 2.05) is 7.05 Å². The van der Waals surface area contributed by atoms with Gasteiger partial charge in [0.1, 0.15) is 5.69 Å². The fourth-order valence-corrected chi connectivity index (χ4v) is 2.67. The Kier molecular flexibility index (Phi) is 3.71. The summed E-state index contributed by atoms with van der Waals surface area (Å²) in [6.07, 6.45) is 3.32. The third-order valence-electron chi connectivity index (χ3n) is 2.65. The first kappa shape index (κ1) is 12.0. The Labute approximate surface area is 105 Å².